The first kappa shape index (κ1) is 26.5. The monoisotopic (exact) mass is 519 g/mol. The van der Waals surface area contributed by atoms with Gasteiger partial charge in [0.05, 0.1) is 46.1 Å². The van der Waals surface area contributed by atoms with E-state index in [-0.39, 0.29) is 33.4 Å². The van der Waals surface area contributed by atoms with Crippen molar-refractivity contribution in [3.8, 4) is 34.5 Å². The van der Waals surface area contributed by atoms with E-state index in [4.69, 9.17) is 23.7 Å². The third kappa shape index (κ3) is 5.41. The third-order valence-electron chi connectivity index (χ3n) is 5.20. The first-order chi connectivity index (χ1) is 17.2. The number of halogens is 1. The Morgan fingerprint density at radius 1 is 0.778 bits per heavy atom. The molecule has 0 aromatic heterocycles. The van der Waals surface area contributed by atoms with Gasteiger partial charge in [0.25, 0.3) is 10.0 Å². The summed E-state index contributed by atoms with van der Waals surface area (Å²) in [4.78, 5) is -0.289. The molecular formula is C25H26FNO8S. The van der Waals surface area contributed by atoms with E-state index in [0.29, 0.717) is 22.8 Å². The SMILES string of the molecule is COc1ccc(S(=O)(=O)Nc2c(/C=C\c3cc(OC)c(OC)c(OC)c3)ccc(OC)c2F)cc1O. The highest BCUT2D eigenvalue weighted by atomic mass is 32.2. The van der Waals surface area contributed by atoms with E-state index >= 15 is 4.39 Å². The van der Waals surface area contributed by atoms with Crippen LogP contribution in [0, 0.1) is 5.82 Å². The second kappa shape index (κ2) is 11.1. The zero-order valence-electron chi connectivity index (χ0n) is 20.3. The number of ether oxygens (including phenoxy) is 5. The van der Waals surface area contributed by atoms with Crippen LogP contribution in [0.25, 0.3) is 12.2 Å². The van der Waals surface area contributed by atoms with Crippen LogP contribution in [0.1, 0.15) is 11.1 Å². The van der Waals surface area contributed by atoms with E-state index in [2.05, 4.69) is 4.72 Å². The van der Waals surface area contributed by atoms with Crippen molar-refractivity contribution in [1.82, 2.24) is 0 Å². The quantitative estimate of drug-likeness (QED) is 0.376. The van der Waals surface area contributed by atoms with Crippen molar-refractivity contribution in [2.75, 3.05) is 40.3 Å². The lowest BCUT2D eigenvalue weighted by molar-refractivity contribution is 0.324. The Kier molecular flexibility index (Phi) is 8.15. The molecule has 0 saturated heterocycles. The number of benzene rings is 3. The molecule has 0 fully saturated rings. The van der Waals surface area contributed by atoms with Crippen LogP contribution in [0.3, 0.4) is 0 Å². The summed E-state index contributed by atoms with van der Waals surface area (Å²) in [7, 11) is 2.75. The highest BCUT2D eigenvalue weighted by Gasteiger charge is 2.22. The molecule has 0 aliphatic heterocycles. The van der Waals surface area contributed by atoms with Gasteiger partial charge < -0.3 is 28.8 Å². The summed E-state index contributed by atoms with van der Waals surface area (Å²) in [6, 6.07) is 9.76. The van der Waals surface area contributed by atoms with Crippen molar-refractivity contribution < 1.29 is 41.6 Å². The van der Waals surface area contributed by atoms with Gasteiger partial charge in [-0.1, -0.05) is 12.2 Å². The molecule has 0 unspecified atom stereocenters. The van der Waals surface area contributed by atoms with Crippen molar-refractivity contribution in [3.63, 3.8) is 0 Å². The molecule has 11 heteroatoms. The first-order valence-electron chi connectivity index (χ1n) is 10.4. The fraction of sp³-hybridized carbons (Fsp3) is 0.200. The van der Waals surface area contributed by atoms with Crippen molar-refractivity contribution in [2.24, 2.45) is 0 Å². The smallest absolute Gasteiger partial charge is 0.262 e. The summed E-state index contributed by atoms with van der Waals surface area (Å²) in [6.07, 6.45) is 3.15. The Balaban J connectivity index is 2.06. The van der Waals surface area contributed by atoms with Crippen LogP contribution in [0.2, 0.25) is 0 Å². The number of nitrogens with one attached hydrogen (secondary N) is 1. The van der Waals surface area contributed by atoms with Gasteiger partial charge in [0.15, 0.2) is 34.6 Å². The summed E-state index contributed by atoms with van der Waals surface area (Å²) in [5.74, 6) is -0.121. The Morgan fingerprint density at radius 3 is 1.89 bits per heavy atom. The van der Waals surface area contributed by atoms with Crippen LogP contribution >= 0.6 is 0 Å². The second-order valence-electron chi connectivity index (χ2n) is 7.28. The number of hydrogen-bond acceptors (Lipinski definition) is 8. The number of phenolic OH excluding ortho intramolecular Hbond substituents is 1. The van der Waals surface area contributed by atoms with E-state index in [9.17, 15) is 13.5 Å². The number of rotatable bonds is 10. The minimum atomic E-state index is -4.30. The van der Waals surface area contributed by atoms with Gasteiger partial charge in [-0.25, -0.2) is 12.8 Å². The Morgan fingerprint density at radius 2 is 1.36 bits per heavy atom. The molecule has 36 heavy (non-hydrogen) atoms. The van der Waals surface area contributed by atoms with Crippen LogP contribution in [0.5, 0.6) is 34.5 Å². The van der Waals surface area contributed by atoms with E-state index in [1.54, 1.807) is 18.2 Å². The maximum Gasteiger partial charge on any atom is 0.262 e. The summed E-state index contributed by atoms with van der Waals surface area (Å²) in [6.45, 7) is 0. The van der Waals surface area contributed by atoms with Gasteiger partial charge in [-0.2, -0.15) is 0 Å². The highest BCUT2D eigenvalue weighted by molar-refractivity contribution is 7.92. The van der Waals surface area contributed by atoms with Gasteiger partial charge in [0.2, 0.25) is 5.75 Å². The van der Waals surface area contributed by atoms with Gasteiger partial charge in [-0.15, -0.1) is 0 Å². The summed E-state index contributed by atoms with van der Waals surface area (Å²) in [5, 5.41) is 9.99. The molecule has 2 N–H and O–H groups in total. The molecule has 9 nitrogen and oxygen atoms in total. The van der Waals surface area contributed by atoms with E-state index in [0.717, 1.165) is 6.07 Å². The van der Waals surface area contributed by atoms with Gasteiger partial charge >= 0.3 is 0 Å². The number of anilines is 1. The number of sulfonamides is 1. The molecule has 192 valence electrons. The van der Waals surface area contributed by atoms with E-state index in [1.807, 2.05) is 0 Å². The zero-order chi connectivity index (χ0) is 26.5. The predicted molar refractivity (Wildman–Crippen MR) is 133 cm³/mol. The lowest BCUT2D eigenvalue weighted by Crippen LogP contribution is -2.15. The molecule has 3 aromatic carbocycles. The van der Waals surface area contributed by atoms with Gasteiger partial charge in [-0.3, -0.25) is 4.72 Å². The fourth-order valence-electron chi connectivity index (χ4n) is 3.39. The van der Waals surface area contributed by atoms with E-state index in [1.165, 1.54) is 65.9 Å². The van der Waals surface area contributed by atoms with Crippen molar-refractivity contribution >= 4 is 27.9 Å². The van der Waals surface area contributed by atoms with Crippen LogP contribution in [-0.4, -0.2) is 49.1 Å². The van der Waals surface area contributed by atoms with Gasteiger partial charge in [0, 0.05) is 11.6 Å². The minimum Gasteiger partial charge on any atom is -0.504 e. The number of aromatic hydroxyl groups is 1. The van der Waals surface area contributed by atoms with Crippen molar-refractivity contribution in [2.45, 2.75) is 4.90 Å². The minimum absolute atomic E-state index is 0.0930. The van der Waals surface area contributed by atoms with Crippen molar-refractivity contribution in [1.29, 1.82) is 0 Å². The largest absolute Gasteiger partial charge is 0.504 e. The molecule has 0 aliphatic carbocycles. The lowest BCUT2D eigenvalue weighted by atomic mass is 10.1. The topological polar surface area (TPSA) is 113 Å². The average Bonchev–Trinajstić information content (AvgIpc) is 2.88. The van der Waals surface area contributed by atoms with Gasteiger partial charge in [0.1, 0.15) is 0 Å². The summed E-state index contributed by atoms with van der Waals surface area (Å²) >= 11 is 0. The van der Waals surface area contributed by atoms with Crippen LogP contribution in [-0.2, 0) is 10.0 Å². The number of hydrogen-bond donors (Lipinski definition) is 2. The molecule has 0 radical (unpaired) electrons. The molecular weight excluding hydrogens is 493 g/mol. The molecule has 3 rings (SSSR count). The lowest BCUT2D eigenvalue weighted by Gasteiger charge is -2.15. The third-order valence-corrected chi connectivity index (χ3v) is 6.55. The van der Waals surface area contributed by atoms with Crippen LogP contribution in [0.4, 0.5) is 10.1 Å². The molecule has 0 amide bonds. The second-order valence-corrected chi connectivity index (χ2v) is 8.96. The Bertz CT molecular complexity index is 1360. The normalized spacial score (nSPS) is 11.3. The Hall–Kier alpha value is -4.12. The summed E-state index contributed by atoms with van der Waals surface area (Å²) < 4.78 is 69.5. The zero-order valence-corrected chi connectivity index (χ0v) is 21.1. The predicted octanol–water partition coefficient (Wildman–Crippen LogP) is 4.55. The molecule has 0 spiro atoms. The van der Waals surface area contributed by atoms with Crippen LogP contribution < -0.4 is 28.4 Å². The maximum absolute atomic E-state index is 15.2. The fourth-order valence-corrected chi connectivity index (χ4v) is 4.49. The van der Waals surface area contributed by atoms with Gasteiger partial charge in [-0.05, 0) is 42.0 Å². The molecule has 0 bridgehead atoms. The first-order valence-corrected chi connectivity index (χ1v) is 11.9. The van der Waals surface area contributed by atoms with Crippen molar-refractivity contribution in [3.05, 3.63) is 59.4 Å². The standard InChI is InChI=1S/C25H26FNO8S/c1-31-19-11-9-17(14-18(19)28)36(29,30)27-24-16(8-10-20(32-2)23(24)26)7-6-15-12-21(33-3)25(35-5)22(13-15)34-4/h6-14,27-28H,1-5H3/b7-6-. The van der Waals surface area contributed by atoms with Crippen LogP contribution in [0.15, 0.2) is 47.4 Å². The molecule has 3 aromatic rings. The number of methoxy groups -OCH3 is 5. The summed E-state index contributed by atoms with van der Waals surface area (Å²) in [5.41, 5.74) is 0.492. The highest BCUT2D eigenvalue weighted by Crippen LogP contribution is 2.39. The maximum atomic E-state index is 15.2. The molecule has 0 saturated carbocycles. The van der Waals surface area contributed by atoms with E-state index < -0.39 is 15.8 Å². The Labute approximate surface area is 208 Å². The molecule has 0 heterocycles. The molecule has 0 aliphatic rings. The number of phenols is 1. The average molecular weight is 520 g/mol. The molecule has 0 atom stereocenters.